The first-order valence-electron chi connectivity index (χ1n) is 36.3. The third kappa shape index (κ3) is 9.43. The highest BCUT2D eigenvalue weighted by atomic mass is 15.0. The summed E-state index contributed by atoms with van der Waals surface area (Å²) in [5, 5.41) is 15.1. The Balaban J connectivity index is 0.000000135. The molecule has 0 saturated carbocycles. The van der Waals surface area contributed by atoms with Gasteiger partial charge in [-0.25, -0.2) is 0 Å². The molecule has 0 saturated heterocycles. The molecular formula is C99H68N6. The number of benzene rings is 16. The van der Waals surface area contributed by atoms with Crippen molar-refractivity contribution in [2.24, 2.45) is 0 Å². The van der Waals surface area contributed by atoms with Gasteiger partial charge in [-0.1, -0.05) is 206 Å². The molecule has 6 heteroatoms. The second-order valence-electron chi connectivity index (χ2n) is 28.2. The Hall–Kier alpha value is -13.7. The second-order valence-corrected chi connectivity index (χ2v) is 28.2. The van der Waals surface area contributed by atoms with Crippen molar-refractivity contribution < 1.29 is 0 Å². The topological polar surface area (TPSA) is 29.6 Å². The predicted octanol–water partition coefficient (Wildman–Crippen LogP) is 26.2. The first-order chi connectivity index (χ1) is 51.8. The van der Waals surface area contributed by atoms with Crippen LogP contribution in [0.3, 0.4) is 0 Å². The van der Waals surface area contributed by atoms with Gasteiger partial charge in [0, 0.05) is 98.8 Å². The highest BCUT2D eigenvalue weighted by Crippen LogP contribution is 2.43. The summed E-state index contributed by atoms with van der Waals surface area (Å²) < 4.78 is 14.5. The summed E-state index contributed by atoms with van der Waals surface area (Å²) >= 11 is 0. The maximum absolute atomic E-state index is 2.42. The molecule has 0 unspecified atom stereocenters. The maximum atomic E-state index is 2.42. The van der Waals surface area contributed by atoms with E-state index in [1.54, 1.807) is 0 Å². The largest absolute Gasteiger partial charge is 0.309 e. The van der Waals surface area contributed by atoms with Gasteiger partial charge in [-0.15, -0.1) is 0 Å². The zero-order valence-corrected chi connectivity index (χ0v) is 58.2. The molecule has 105 heavy (non-hydrogen) atoms. The predicted molar refractivity (Wildman–Crippen MR) is 444 cm³/mol. The number of nitrogens with zero attached hydrogens (tertiary/aromatic N) is 6. The molecule has 0 aliphatic heterocycles. The van der Waals surface area contributed by atoms with Gasteiger partial charge in [-0.3, -0.25) is 0 Å². The van der Waals surface area contributed by atoms with Crippen LogP contribution in [0.1, 0.15) is 16.7 Å². The zero-order valence-electron chi connectivity index (χ0n) is 58.2. The van der Waals surface area contributed by atoms with Crippen LogP contribution in [0.25, 0.3) is 187 Å². The van der Waals surface area contributed by atoms with E-state index in [4.69, 9.17) is 0 Å². The van der Waals surface area contributed by atoms with Crippen molar-refractivity contribution in [2.45, 2.75) is 20.8 Å². The van der Waals surface area contributed by atoms with Crippen LogP contribution in [0.2, 0.25) is 0 Å². The molecule has 494 valence electrons. The van der Waals surface area contributed by atoms with Crippen LogP contribution < -0.4 is 0 Å². The van der Waals surface area contributed by atoms with Gasteiger partial charge in [0.05, 0.1) is 66.2 Å². The minimum Gasteiger partial charge on any atom is -0.309 e. The van der Waals surface area contributed by atoms with Gasteiger partial charge in [-0.2, -0.15) is 0 Å². The van der Waals surface area contributed by atoms with Crippen molar-refractivity contribution in [2.75, 3.05) is 0 Å². The second kappa shape index (κ2) is 23.7. The molecule has 6 aromatic heterocycles. The smallest absolute Gasteiger partial charge is 0.0541 e. The van der Waals surface area contributed by atoms with Gasteiger partial charge in [0.15, 0.2) is 0 Å². The Bertz CT molecular complexity index is 7210. The zero-order chi connectivity index (χ0) is 69.5. The van der Waals surface area contributed by atoms with Crippen molar-refractivity contribution in [3.05, 3.63) is 375 Å². The van der Waals surface area contributed by atoms with E-state index in [9.17, 15) is 0 Å². The van der Waals surface area contributed by atoms with E-state index >= 15 is 0 Å². The monoisotopic (exact) mass is 1340 g/mol. The Morgan fingerprint density at radius 1 is 0.152 bits per heavy atom. The van der Waals surface area contributed by atoms with E-state index in [2.05, 4.69) is 406 Å². The number of para-hydroxylation sites is 9. The van der Waals surface area contributed by atoms with Crippen LogP contribution in [-0.4, -0.2) is 27.4 Å². The standard InChI is InChI=1S/C50H35N3.C49H33N3/c1-32-26-33(2)28-38(27-32)53-48-21-10-6-17-42(48)44-30-35(23-25-50(44)53)34-22-24-49-43(29-34)41-16-5-9-20-47(41)52(49)37-13-11-12-36(31-37)51-45-18-7-3-14-39(45)40-15-4-8-19-46(40)51;1-32-13-2-7-20-43(32)52-47-24-11-6-19-40(47)42-30-34(26-28-49(42)52)33-25-27-48-41(29-33)39-18-5-10-23-46(39)51(48)36-15-12-14-35(31-36)50-44-21-8-3-16-37(44)38-17-4-9-22-45(38)50/h3-31H,1-2H3;2-31H,1H3. The van der Waals surface area contributed by atoms with Gasteiger partial charge in [0.25, 0.3) is 0 Å². The first kappa shape index (κ1) is 60.1. The van der Waals surface area contributed by atoms with E-state index in [-0.39, 0.29) is 0 Å². The minimum absolute atomic E-state index is 1.14. The SMILES string of the molecule is Cc1cc(C)cc(-n2c3ccccc3c3cc(-c4ccc5c(c4)c4ccccc4n5-c4cccc(-n5c6ccccc6c6ccccc65)c4)ccc32)c1.Cc1ccccc1-n1c2ccccc2c2cc(-c3ccc4c(c3)c3ccccc3n4-c3cccc(-n4c5ccccc5c5ccccc54)c3)ccc21. The van der Waals surface area contributed by atoms with E-state index in [0.29, 0.717) is 0 Å². The number of fused-ring (bicyclic) bond motifs is 18. The normalized spacial score (nSPS) is 12.0. The molecule has 0 spiro atoms. The average molecular weight is 1340 g/mol. The molecule has 0 atom stereocenters. The summed E-state index contributed by atoms with van der Waals surface area (Å²) in [7, 11) is 0. The van der Waals surface area contributed by atoms with Crippen LogP contribution in [0.5, 0.6) is 0 Å². The van der Waals surface area contributed by atoms with Gasteiger partial charge in [0.2, 0.25) is 0 Å². The fourth-order valence-electron chi connectivity index (χ4n) is 17.5. The summed E-state index contributed by atoms with van der Waals surface area (Å²) in [5.41, 5.74) is 30.2. The lowest BCUT2D eigenvalue weighted by Gasteiger charge is -2.13. The van der Waals surface area contributed by atoms with E-state index in [1.165, 1.54) is 181 Å². The van der Waals surface area contributed by atoms with Crippen LogP contribution in [0.15, 0.2) is 358 Å². The van der Waals surface area contributed by atoms with E-state index in [0.717, 1.165) is 22.7 Å². The molecule has 0 N–H and O–H groups in total. The number of rotatable bonds is 8. The Morgan fingerprint density at radius 3 is 0.676 bits per heavy atom. The molecule has 0 fully saturated rings. The van der Waals surface area contributed by atoms with Crippen LogP contribution in [-0.2, 0) is 0 Å². The van der Waals surface area contributed by atoms with Crippen LogP contribution >= 0.6 is 0 Å². The van der Waals surface area contributed by atoms with E-state index < -0.39 is 0 Å². The summed E-state index contributed by atoms with van der Waals surface area (Å²) in [6, 6.07) is 131. The Kier molecular flexibility index (Phi) is 13.6. The molecule has 22 aromatic rings. The number of hydrogen-bond donors (Lipinski definition) is 0. The summed E-state index contributed by atoms with van der Waals surface area (Å²) in [6.07, 6.45) is 0. The number of aromatic nitrogens is 6. The molecule has 0 bridgehead atoms. The molecule has 0 aliphatic rings. The molecule has 22 rings (SSSR count). The Labute approximate surface area is 606 Å². The van der Waals surface area contributed by atoms with Crippen molar-refractivity contribution in [1.29, 1.82) is 0 Å². The number of hydrogen-bond acceptors (Lipinski definition) is 0. The van der Waals surface area contributed by atoms with Crippen molar-refractivity contribution in [1.82, 2.24) is 27.4 Å². The van der Waals surface area contributed by atoms with Crippen molar-refractivity contribution in [3.8, 4) is 56.4 Å². The molecule has 0 amide bonds. The van der Waals surface area contributed by atoms with Gasteiger partial charge in [0.1, 0.15) is 0 Å². The van der Waals surface area contributed by atoms with Gasteiger partial charge < -0.3 is 27.4 Å². The molecule has 0 radical (unpaired) electrons. The van der Waals surface area contributed by atoms with Gasteiger partial charge in [-0.05, 0) is 211 Å². The lowest BCUT2D eigenvalue weighted by atomic mass is 10.0. The minimum atomic E-state index is 1.14. The summed E-state index contributed by atoms with van der Waals surface area (Å²) in [4.78, 5) is 0. The van der Waals surface area contributed by atoms with Crippen molar-refractivity contribution in [3.63, 3.8) is 0 Å². The lowest BCUT2D eigenvalue weighted by molar-refractivity contribution is 1.13. The third-order valence-corrected chi connectivity index (χ3v) is 22.0. The number of aryl methyl sites for hydroxylation is 3. The summed E-state index contributed by atoms with van der Waals surface area (Å²) in [5.74, 6) is 0. The van der Waals surface area contributed by atoms with Gasteiger partial charge >= 0.3 is 0 Å². The molecule has 0 aliphatic carbocycles. The van der Waals surface area contributed by atoms with E-state index in [1.807, 2.05) is 0 Å². The first-order valence-corrected chi connectivity index (χ1v) is 36.3. The molecule has 16 aromatic carbocycles. The summed E-state index contributed by atoms with van der Waals surface area (Å²) in [6.45, 7) is 6.55. The third-order valence-electron chi connectivity index (χ3n) is 22.0. The average Bonchev–Trinajstić information content (AvgIpc) is 1.60. The fraction of sp³-hybridized carbons (Fsp3) is 0.0303. The maximum Gasteiger partial charge on any atom is 0.0541 e. The quantitative estimate of drug-likeness (QED) is 0.145. The highest BCUT2D eigenvalue weighted by Gasteiger charge is 2.22. The molecular weight excluding hydrogens is 1270 g/mol. The Morgan fingerprint density at radius 2 is 0.381 bits per heavy atom. The molecule has 6 nitrogen and oxygen atoms in total. The highest BCUT2D eigenvalue weighted by molar-refractivity contribution is 6.16. The molecule has 6 heterocycles. The lowest BCUT2D eigenvalue weighted by Crippen LogP contribution is -1.98. The van der Waals surface area contributed by atoms with Crippen molar-refractivity contribution >= 4 is 131 Å². The fourth-order valence-corrected chi connectivity index (χ4v) is 17.5. The van der Waals surface area contributed by atoms with Crippen LogP contribution in [0, 0.1) is 20.8 Å². The van der Waals surface area contributed by atoms with Crippen LogP contribution in [0.4, 0.5) is 0 Å².